The number of fused-ring (bicyclic) bond motifs is 3. The highest BCUT2D eigenvalue weighted by molar-refractivity contribution is 8.23. The Morgan fingerprint density at radius 3 is 2.75 bits per heavy atom. The fourth-order valence-corrected chi connectivity index (χ4v) is 4.49. The van der Waals surface area contributed by atoms with E-state index in [-0.39, 0.29) is 10.1 Å². The quantitative estimate of drug-likeness (QED) is 0.656. The van der Waals surface area contributed by atoms with E-state index in [4.69, 9.17) is 16.4 Å². The molecular weight excluding hydrogens is 364 g/mol. The highest BCUT2D eigenvalue weighted by atomic mass is 32.2. The van der Waals surface area contributed by atoms with Crippen LogP contribution in [0.5, 0.6) is 5.75 Å². The molecule has 24 heavy (non-hydrogen) atoms. The monoisotopic (exact) mass is 380 g/mol. The molecule has 0 saturated heterocycles. The van der Waals surface area contributed by atoms with Crippen molar-refractivity contribution in [3.8, 4) is 5.75 Å². The van der Waals surface area contributed by atoms with Gasteiger partial charge in [-0.05, 0) is 18.6 Å². The summed E-state index contributed by atoms with van der Waals surface area (Å²) in [5.74, 6) is 0.985. The summed E-state index contributed by atoms with van der Waals surface area (Å²) < 4.78 is 32.0. The molecule has 0 spiro atoms. The van der Waals surface area contributed by atoms with Gasteiger partial charge in [0.15, 0.2) is 5.75 Å². The van der Waals surface area contributed by atoms with Gasteiger partial charge in [0.05, 0.1) is 5.52 Å². The van der Waals surface area contributed by atoms with Crippen molar-refractivity contribution in [2.75, 3.05) is 5.75 Å². The molecule has 3 aromatic rings. The van der Waals surface area contributed by atoms with E-state index in [1.165, 1.54) is 11.8 Å². The number of nitrogens with one attached hydrogen (secondary N) is 2. The maximum absolute atomic E-state index is 12.2. The highest BCUT2D eigenvalue weighted by Gasteiger charge is 2.17. The van der Waals surface area contributed by atoms with Crippen LogP contribution in [0.2, 0.25) is 0 Å². The molecule has 0 aliphatic heterocycles. The Hall–Kier alpha value is -1.77. The normalized spacial score (nSPS) is 11.7. The van der Waals surface area contributed by atoms with Gasteiger partial charge in [-0.1, -0.05) is 61.2 Å². The van der Waals surface area contributed by atoms with Crippen LogP contribution in [0.15, 0.2) is 42.5 Å². The summed E-state index contributed by atoms with van der Waals surface area (Å²) in [5, 5.41) is 1.92. The average molecular weight is 381 g/mol. The lowest BCUT2D eigenvalue weighted by molar-refractivity contribution is 0.484. The van der Waals surface area contributed by atoms with E-state index in [1.54, 1.807) is 12.1 Å². The van der Waals surface area contributed by atoms with Gasteiger partial charge in [0, 0.05) is 22.0 Å². The van der Waals surface area contributed by atoms with Crippen LogP contribution in [-0.2, 0) is 10.3 Å². The van der Waals surface area contributed by atoms with E-state index >= 15 is 0 Å². The summed E-state index contributed by atoms with van der Waals surface area (Å²) >= 11 is 6.29. The number of aromatic amines is 1. The Morgan fingerprint density at radius 1 is 1.21 bits per heavy atom. The van der Waals surface area contributed by atoms with E-state index in [2.05, 4.69) is 9.71 Å². The molecule has 0 unspecified atom stereocenters. The van der Waals surface area contributed by atoms with Crippen molar-refractivity contribution < 1.29 is 12.6 Å². The molecule has 2 N–H and O–H groups in total. The van der Waals surface area contributed by atoms with Crippen LogP contribution < -0.4 is 8.91 Å². The van der Waals surface area contributed by atoms with Crippen molar-refractivity contribution in [1.82, 2.24) is 9.71 Å². The lowest BCUT2D eigenvalue weighted by atomic mass is 10.1. The van der Waals surface area contributed by atoms with Crippen LogP contribution in [0, 0.1) is 0 Å². The fourth-order valence-electron chi connectivity index (χ4n) is 2.38. The predicted molar refractivity (Wildman–Crippen MR) is 104 cm³/mol. The second-order valence-electron chi connectivity index (χ2n) is 5.12. The number of para-hydroxylation sites is 2. The van der Waals surface area contributed by atoms with E-state index in [0.29, 0.717) is 5.52 Å². The minimum Gasteiger partial charge on any atom is -0.365 e. The number of thiocarbonyl (C=S) groups is 1. The van der Waals surface area contributed by atoms with Crippen LogP contribution >= 0.6 is 24.0 Å². The number of benzene rings is 2. The summed E-state index contributed by atoms with van der Waals surface area (Å²) in [6.45, 7) is 2.00. The minimum atomic E-state index is -4.03. The third kappa shape index (κ3) is 3.66. The van der Waals surface area contributed by atoms with Gasteiger partial charge in [0.2, 0.25) is 0 Å². The second kappa shape index (κ2) is 7.00. The average Bonchev–Trinajstić information content (AvgIpc) is 2.92. The molecule has 1 heterocycles. The lowest BCUT2D eigenvalue weighted by Gasteiger charge is -2.10. The van der Waals surface area contributed by atoms with Gasteiger partial charge in [-0.3, -0.25) is 0 Å². The van der Waals surface area contributed by atoms with Gasteiger partial charge in [-0.25, -0.2) is 4.72 Å². The zero-order valence-corrected chi connectivity index (χ0v) is 15.4. The van der Waals surface area contributed by atoms with Crippen LogP contribution in [0.1, 0.15) is 13.3 Å². The first-order chi connectivity index (χ1) is 11.5. The molecule has 0 radical (unpaired) electrons. The first-order valence-electron chi connectivity index (χ1n) is 7.38. The molecule has 0 aliphatic rings. The molecule has 3 rings (SSSR count). The van der Waals surface area contributed by atoms with Crippen molar-refractivity contribution in [3.05, 3.63) is 42.5 Å². The van der Waals surface area contributed by atoms with Crippen LogP contribution in [0.25, 0.3) is 21.8 Å². The van der Waals surface area contributed by atoms with E-state index < -0.39 is 10.3 Å². The Labute approximate surface area is 150 Å². The molecule has 0 atom stereocenters. The van der Waals surface area contributed by atoms with Crippen LogP contribution in [0.4, 0.5) is 0 Å². The molecule has 0 saturated carbocycles. The topological polar surface area (TPSA) is 71.2 Å². The van der Waals surface area contributed by atoms with Crippen LogP contribution in [0.3, 0.4) is 0 Å². The number of H-pyrrole nitrogens is 1. The van der Waals surface area contributed by atoms with Gasteiger partial charge in [0.25, 0.3) is 0 Å². The zero-order chi connectivity index (χ0) is 17.2. The van der Waals surface area contributed by atoms with Gasteiger partial charge in [-0.2, -0.15) is 8.42 Å². The lowest BCUT2D eigenvalue weighted by Crippen LogP contribution is -2.31. The Morgan fingerprint density at radius 2 is 1.96 bits per heavy atom. The fraction of sp³-hybridized carbons (Fsp3) is 0.188. The molecule has 0 amide bonds. The van der Waals surface area contributed by atoms with Gasteiger partial charge < -0.3 is 9.17 Å². The number of rotatable bonds is 5. The molecule has 126 valence electrons. The number of hydrogen-bond donors (Lipinski definition) is 2. The summed E-state index contributed by atoms with van der Waals surface area (Å²) in [4.78, 5) is 3.20. The molecule has 5 nitrogen and oxygen atoms in total. The number of hydrogen-bond acceptors (Lipinski definition) is 5. The summed E-state index contributed by atoms with van der Waals surface area (Å²) in [6.07, 6.45) is 0.905. The van der Waals surface area contributed by atoms with Crippen molar-refractivity contribution in [2.24, 2.45) is 0 Å². The smallest absolute Gasteiger partial charge is 0.365 e. The zero-order valence-electron chi connectivity index (χ0n) is 12.9. The third-order valence-corrected chi connectivity index (χ3v) is 5.89. The van der Waals surface area contributed by atoms with E-state index in [0.717, 1.165) is 28.5 Å². The second-order valence-corrected chi connectivity index (χ2v) is 8.18. The molecule has 0 aliphatic carbocycles. The maximum Gasteiger partial charge on any atom is 0.408 e. The summed E-state index contributed by atoms with van der Waals surface area (Å²) in [5.41, 5.74) is 1.55. The standard InChI is InChI=1S/C16H16N2O3S3/c1-2-10-23-16(22)18-24(19,20)21-14-9-5-7-12-11-6-3-4-8-13(11)17-15(12)14/h3-9,17H,2,10H2,1H3,(H,18,22). The Bertz CT molecular complexity index is 996. The van der Waals surface area contributed by atoms with E-state index in [1.807, 2.05) is 37.3 Å². The maximum atomic E-state index is 12.2. The third-order valence-electron chi connectivity index (χ3n) is 3.35. The van der Waals surface area contributed by atoms with Crippen molar-refractivity contribution in [1.29, 1.82) is 0 Å². The Kier molecular flexibility index (Phi) is 4.98. The molecular formula is C16H16N2O3S3. The van der Waals surface area contributed by atoms with Crippen LogP contribution in [-0.4, -0.2) is 23.5 Å². The SMILES string of the molecule is CCCSC(=S)NS(=O)(=O)Oc1cccc2c1[nH]c1ccccc12. The van der Waals surface area contributed by atoms with Crippen molar-refractivity contribution in [3.63, 3.8) is 0 Å². The summed E-state index contributed by atoms with van der Waals surface area (Å²) in [6, 6.07) is 13.0. The molecule has 2 aromatic carbocycles. The highest BCUT2D eigenvalue weighted by Crippen LogP contribution is 2.32. The number of aromatic nitrogens is 1. The molecule has 8 heteroatoms. The molecule has 1 aromatic heterocycles. The summed E-state index contributed by atoms with van der Waals surface area (Å²) in [7, 11) is -4.03. The number of thioether (sulfide) groups is 1. The van der Waals surface area contributed by atoms with Crippen molar-refractivity contribution >= 4 is 60.4 Å². The van der Waals surface area contributed by atoms with Gasteiger partial charge in [0.1, 0.15) is 4.32 Å². The first kappa shape index (κ1) is 17.1. The minimum absolute atomic E-state index is 0.181. The van der Waals surface area contributed by atoms with Gasteiger partial charge in [-0.15, -0.1) is 0 Å². The molecule has 0 bridgehead atoms. The first-order valence-corrected chi connectivity index (χ1v) is 10.2. The predicted octanol–water partition coefficient (Wildman–Crippen LogP) is 3.96. The Balaban J connectivity index is 1.91. The molecule has 0 fully saturated rings. The largest absolute Gasteiger partial charge is 0.408 e. The van der Waals surface area contributed by atoms with Gasteiger partial charge >= 0.3 is 10.3 Å². The van der Waals surface area contributed by atoms with E-state index in [9.17, 15) is 8.42 Å². The van der Waals surface area contributed by atoms with Crippen molar-refractivity contribution in [2.45, 2.75) is 13.3 Å².